The standard InChI is InChI=1S/C30H41N3O/c1-7-31(6)27-18-12-24(13-19-27)30(34,25-14-20-28(21-15-25)32(8-2)9-3)26-16-22-29(23-17-26)33(10-4)11-5/h12-23,34H,7-11H2,1-6H3. The molecule has 3 aromatic carbocycles. The van der Waals surface area contributed by atoms with Crippen LogP contribution >= 0.6 is 0 Å². The van der Waals surface area contributed by atoms with Gasteiger partial charge in [0.05, 0.1) is 0 Å². The molecule has 34 heavy (non-hydrogen) atoms. The van der Waals surface area contributed by atoms with Crippen LogP contribution in [0.4, 0.5) is 17.1 Å². The van der Waals surface area contributed by atoms with Crippen molar-refractivity contribution in [3.63, 3.8) is 0 Å². The molecule has 0 radical (unpaired) electrons. The van der Waals surface area contributed by atoms with Gasteiger partial charge in [0.25, 0.3) is 0 Å². The predicted molar refractivity (Wildman–Crippen MR) is 147 cm³/mol. The molecule has 3 aromatic rings. The Morgan fingerprint density at radius 2 is 0.794 bits per heavy atom. The smallest absolute Gasteiger partial charge is 0.140 e. The summed E-state index contributed by atoms with van der Waals surface area (Å²) in [6.07, 6.45) is 0. The molecule has 0 fully saturated rings. The van der Waals surface area contributed by atoms with Gasteiger partial charge in [0.15, 0.2) is 0 Å². The molecule has 0 saturated carbocycles. The van der Waals surface area contributed by atoms with Gasteiger partial charge in [0.2, 0.25) is 0 Å². The van der Waals surface area contributed by atoms with E-state index in [1.54, 1.807) is 0 Å². The van der Waals surface area contributed by atoms with E-state index < -0.39 is 5.60 Å². The highest BCUT2D eigenvalue weighted by Gasteiger charge is 2.34. The fraction of sp³-hybridized carbons (Fsp3) is 0.400. The first-order chi connectivity index (χ1) is 16.4. The Labute approximate surface area is 206 Å². The van der Waals surface area contributed by atoms with E-state index in [1.807, 2.05) is 0 Å². The van der Waals surface area contributed by atoms with Gasteiger partial charge in [0, 0.05) is 56.8 Å². The first kappa shape index (κ1) is 25.6. The third-order valence-corrected chi connectivity index (χ3v) is 7.03. The second-order valence-corrected chi connectivity index (χ2v) is 8.71. The zero-order valence-electron chi connectivity index (χ0n) is 21.8. The maximum atomic E-state index is 12.4. The molecule has 0 aromatic heterocycles. The lowest BCUT2D eigenvalue weighted by Gasteiger charge is -2.32. The Balaban J connectivity index is 2.10. The van der Waals surface area contributed by atoms with Crippen LogP contribution in [-0.4, -0.2) is 44.9 Å². The molecular formula is C30H41N3O. The number of hydrogen-bond acceptors (Lipinski definition) is 4. The minimum absolute atomic E-state index is 0.868. The molecule has 0 spiro atoms. The number of anilines is 3. The molecule has 0 aliphatic rings. The van der Waals surface area contributed by atoms with Gasteiger partial charge in [-0.05, 0) is 87.7 Å². The van der Waals surface area contributed by atoms with Gasteiger partial charge in [-0.15, -0.1) is 0 Å². The van der Waals surface area contributed by atoms with Crippen LogP contribution in [0.2, 0.25) is 0 Å². The SMILES string of the molecule is CCN(C)c1ccc(C(O)(c2ccc(N(CC)CC)cc2)c2ccc(N(CC)CC)cc2)cc1. The van der Waals surface area contributed by atoms with Crippen molar-refractivity contribution >= 4 is 17.1 Å². The molecule has 182 valence electrons. The number of nitrogens with zero attached hydrogens (tertiary/aromatic N) is 3. The fourth-order valence-corrected chi connectivity index (χ4v) is 4.64. The molecule has 0 amide bonds. The zero-order valence-corrected chi connectivity index (χ0v) is 21.8. The van der Waals surface area contributed by atoms with E-state index in [0.717, 1.165) is 55.1 Å². The first-order valence-electron chi connectivity index (χ1n) is 12.7. The topological polar surface area (TPSA) is 30.0 Å². The highest BCUT2D eigenvalue weighted by Crippen LogP contribution is 2.38. The lowest BCUT2D eigenvalue weighted by molar-refractivity contribution is 0.126. The average Bonchev–Trinajstić information content (AvgIpc) is 2.90. The lowest BCUT2D eigenvalue weighted by Crippen LogP contribution is -2.30. The first-order valence-corrected chi connectivity index (χ1v) is 12.7. The molecule has 3 rings (SSSR count). The average molecular weight is 460 g/mol. The Morgan fingerprint density at radius 3 is 1.06 bits per heavy atom. The van der Waals surface area contributed by atoms with Crippen LogP contribution in [0.5, 0.6) is 0 Å². The van der Waals surface area contributed by atoms with Crippen molar-refractivity contribution in [2.24, 2.45) is 0 Å². The van der Waals surface area contributed by atoms with Crippen LogP contribution < -0.4 is 14.7 Å². The van der Waals surface area contributed by atoms with Crippen molar-refractivity contribution in [3.8, 4) is 0 Å². The van der Waals surface area contributed by atoms with E-state index >= 15 is 0 Å². The van der Waals surface area contributed by atoms with E-state index in [1.165, 1.54) is 11.4 Å². The van der Waals surface area contributed by atoms with Gasteiger partial charge >= 0.3 is 0 Å². The Morgan fingerprint density at radius 1 is 0.500 bits per heavy atom. The number of benzene rings is 3. The Hall–Kier alpha value is -2.98. The van der Waals surface area contributed by atoms with Crippen LogP contribution in [0.25, 0.3) is 0 Å². The second kappa shape index (κ2) is 11.4. The monoisotopic (exact) mass is 459 g/mol. The molecule has 0 bridgehead atoms. The summed E-state index contributed by atoms with van der Waals surface area (Å²) < 4.78 is 0. The Bertz CT molecular complexity index is 949. The molecule has 0 aliphatic carbocycles. The fourth-order valence-electron chi connectivity index (χ4n) is 4.64. The maximum Gasteiger partial charge on any atom is 0.140 e. The van der Waals surface area contributed by atoms with Crippen LogP contribution in [0.15, 0.2) is 72.8 Å². The van der Waals surface area contributed by atoms with Crippen molar-refractivity contribution in [2.45, 2.75) is 40.2 Å². The molecule has 0 saturated heterocycles. The third-order valence-electron chi connectivity index (χ3n) is 7.03. The normalized spacial score (nSPS) is 11.4. The molecular weight excluding hydrogens is 418 g/mol. The summed E-state index contributed by atoms with van der Waals surface area (Å²) in [6.45, 7) is 15.6. The van der Waals surface area contributed by atoms with E-state index in [9.17, 15) is 5.11 Å². The van der Waals surface area contributed by atoms with Crippen LogP contribution in [0.1, 0.15) is 51.3 Å². The maximum absolute atomic E-state index is 12.4. The zero-order chi connectivity index (χ0) is 24.7. The van der Waals surface area contributed by atoms with E-state index in [0.29, 0.717) is 0 Å². The summed E-state index contributed by atoms with van der Waals surface area (Å²) in [6, 6.07) is 25.1. The molecule has 0 heterocycles. The lowest BCUT2D eigenvalue weighted by atomic mass is 9.80. The molecule has 4 nitrogen and oxygen atoms in total. The van der Waals surface area contributed by atoms with Crippen LogP contribution in [0.3, 0.4) is 0 Å². The molecule has 0 aliphatic heterocycles. The molecule has 4 heteroatoms. The molecule has 0 atom stereocenters. The second-order valence-electron chi connectivity index (χ2n) is 8.71. The van der Waals surface area contributed by atoms with Gasteiger partial charge in [-0.1, -0.05) is 36.4 Å². The predicted octanol–water partition coefficient (Wildman–Crippen LogP) is 6.12. The summed E-state index contributed by atoms with van der Waals surface area (Å²) in [5.74, 6) is 0. The number of hydrogen-bond donors (Lipinski definition) is 1. The van der Waals surface area contributed by atoms with E-state index in [2.05, 4.69) is 129 Å². The van der Waals surface area contributed by atoms with E-state index in [-0.39, 0.29) is 0 Å². The largest absolute Gasteiger partial charge is 0.376 e. The van der Waals surface area contributed by atoms with E-state index in [4.69, 9.17) is 0 Å². The van der Waals surface area contributed by atoms with Gasteiger partial charge in [0.1, 0.15) is 5.60 Å². The molecule has 0 unspecified atom stereocenters. The molecule has 1 N–H and O–H groups in total. The minimum atomic E-state index is -1.24. The van der Waals surface area contributed by atoms with Gasteiger partial charge < -0.3 is 19.8 Å². The summed E-state index contributed by atoms with van der Waals surface area (Å²) >= 11 is 0. The van der Waals surface area contributed by atoms with Crippen LogP contribution in [0, 0.1) is 0 Å². The summed E-state index contributed by atoms with van der Waals surface area (Å²) in [4.78, 5) is 6.83. The van der Waals surface area contributed by atoms with Gasteiger partial charge in [-0.2, -0.15) is 0 Å². The highest BCUT2D eigenvalue weighted by atomic mass is 16.3. The quantitative estimate of drug-likeness (QED) is 0.350. The van der Waals surface area contributed by atoms with Gasteiger partial charge in [-0.3, -0.25) is 0 Å². The highest BCUT2D eigenvalue weighted by molar-refractivity contribution is 5.57. The Kier molecular flexibility index (Phi) is 8.62. The minimum Gasteiger partial charge on any atom is -0.376 e. The van der Waals surface area contributed by atoms with Crippen molar-refractivity contribution in [1.82, 2.24) is 0 Å². The van der Waals surface area contributed by atoms with Crippen molar-refractivity contribution in [3.05, 3.63) is 89.5 Å². The van der Waals surface area contributed by atoms with Crippen LogP contribution in [-0.2, 0) is 5.60 Å². The van der Waals surface area contributed by atoms with Crippen molar-refractivity contribution in [1.29, 1.82) is 0 Å². The summed E-state index contributed by atoms with van der Waals surface area (Å²) in [5.41, 5.74) is 4.86. The summed E-state index contributed by atoms with van der Waals surface area (Å²) in [5, 5.41) is 12.4. The van der Waals surface area contributed by atoms with Gasteiger partial charge in [-0.25, -0.2) is 0 Å². The van der Waals surface area contributed by atoms with Crippen molar-refractivity contribution < 1.29 is 5.11 Å². The number of aliphatic hydroxyl groups is 1. The third kappa shape index (κ3) is 5.07. The van der Waals surface area contributed by atoms with Crippen molar-refractivity contribution in [2.75, 3.05) is 54.5 Å². The summed E-state index contributed by atoms with van der Waals surface area (Å²) in [7, 11) is 2.08. The number of rotatable bonds is 11.